The fourth-order valence-electron chi connectivity index (χ4n) is 2.35. The lowest BCUT2D eigenvalue weighted by molar-refractivity contribution is 0.151. The molecule has 0 saturated heterocycles. The molecule has 0 radical (unpaired) electrons. The minimum Gasteiger partial charge on any atom is -0.326 e. The number of pyridine rings is 1. The van der Waals surface area contributed by atoms with Gasteiger partial charge in [-0.3, -0.25) is 0 Å². The summed E-state index contributed by atoms with van der Waals surface area (Å²) in [6.07, 6.45) is -0.818. The fraction of sp³-hybridized carbons (Fsp3) is 0.200. The van der Waals surface area contributed by atoms with Crippen molar-refractivity contribution in [2.45, 2.75) is 13.3 Å². The molecule has 20 heavy (non-hydrogen) atoms. The number of rotatable bonds is 2. The molecular weight excluding hydrogens is 260 g/mol. The van der Waals surface area contributed by atoms with Crippen molar-refractivity contribution in [3.8, 4) is 11.4 Å². The van der Waals surface area contributed by atoms with Crippen LogP contribution in [-0.2, 0) is 7.05 Å². The van der Waals surface area contributed by atoms with Gasteiger partial charge >= 0.3 is 0 Å². The average molecular weight is 273 g/mol. The molecule has 0 N–H and O–H groups in total. The van der Waals surface area contributed by atoms with Crippen LogP contribution in [0.15, 0.2) is 36.5 Å². The van der Waals surface area contributed by atoms with E-state index >= 15 is 0 Å². The summed E-state index contributed by atoms with van der Waals surface area (Å²) >= 11 is 0. The Kier molecular flexibility index (Phi) is 2.97. The van der Waals surface area contributed by atoms with Gasteiger partial charge < -0.3 is 4.57 Å². The third-order valence-electron chi connectivity index (χ3n) is 3.27. The van der Waals surface area contributed by atoms with E-state index in [9.17, 15) is 8.78 Å². The van der Waals surface area contributed by atoms with Gasteiger partial charge in [-0.2, -0.15) is 0 Å². The van der Waals surface area contributed by atoms with Gasteiger partial charge in [0.05, 0.1) is 5.52 Å². The quantitative estimate of drug-likeness (QED) is 0.709. The van der Waals surface area contributed by atoms with Crippen LogP contribution in [0.1, 0.15) is 17.6 Å². The highest BCUT2D eigenvalue weighted by molar-refractivity contribution is 5.77. The molecule has 5 heteroatoms. The van der Waals surface area contributed by atoms with Crippen LogP contribution < -0.4 is 0 Å². The van der Waals surface area contributed by atoms with Crippen LogP contribution >= 0.6 is 0 Å². The number of aryl methyl sites for hydroxylation is 2. The van der Waals surface area contributed by atoms with Crippen LogP contribution in [-0.4, -0.2) is 14.5 Å². The first kappa shape index (κ1) is 12.7. The van der Waals surface area contributed by atoms with Crippen molar-refractivity contribution in [3.63, 3.8) is 0 Å². The lowest BCUT2D eigenvalue weighted by Gasteiger charge is -2.07. The highest BCUT2D eigenvalue weighted by atomic mass is 19.3. The molecule has 0 aliphatic rings. The molecular formula is C15H13F2N3. The minimum atomic E-state index is -2.48. The van der Waals surface area contributed by atoms with E-state index in [0.29, 0.717) is 17.0 Å². The van der Waals surface area contributed by atoms with Gasteiger partial charge in [0, 0.05) is 24.4 Å². The Bertz CT molecular complexity index is 778. The SMILES string of the molecule is Cc1cc(-c2nc3ncccc3n2C)cc(C(F)F)c1. The minimum absolute atomic E-state index is 0.0139. The lowest BCUT2D eigenvalue weighted by atomic mass is 10.1. The first-order valence-electron chi connectivity index (χ1n) is 6.24. The van der Waals surface area contributed by atoms with Gasteiger partial charge in [0.2, 0.25) is 0 Å². The number of halogens is 2. The molecule has 2 heterocycles. The zero-order chi connectivity index (χ0) is 14.3. The highest BCUT2D eigenvalue weighted by Crippen LogP contribution is 2.28. The molecule has 0 bridgehead atoms. The van der Waals surface area contributed by atoms with Gasteiger partial charge in [-0.05, 0) is 36.8 Å². The first-order chi connectivity index (χ1) is 9.56. The molecule has 3 aromatic rings. The van der Waals surface area contributed by atoms with Crippen molar-refractivity contribution < 1.29 is 8.78 Å². The standard InChI is InChI=1S/C15H13F2N3/c1-9-6-10(13(16)17)8-11(7-9)15-19-14-12(20(15)2)4-3-5-18-14/h3-8,13H,1-2H3. The third-order valence-corrected chi connectivity index (χ3v) is 3.27. The summed E-state index contributed by atoms with van der Waals surface area (Å²) in [6, 6.07) is 8.57. The largest absolute Gasteiger partial charge is 0.326 e. The summed E-state index contributed by atoms with van der Waals surface area (Å²) in [5, 5.41) is 0. The second-order valence-corrected chi connectivity index (χ2v) is 4.77. The van der Waals surface area contributed by atoms with E-state index in [4.69, 9.17) is 0 Å². The monoisotopic (exact) mass is 273 g/mol. The number of hydrogen-bond donors (Lipinski definition) is 0. The Balaban J connectivity index is 2.22. The second-order valence-electron chi connectivity index (χ2n) is 4.77. The van der Waals surface area contributed by atoms with Crippen LogP contribution in [0.3, 0.4) is 0 Å². The highest BCUT2D eigenvalue weighted by Gasteiger charge is 2.14. The molecule has 0 fully saturated rings. The zero-order valence-electron chi connectivity index (χ0n) is 11.1. The van der Waals surface area contributed by atoms with Crippen LogP contribution in [0.5, 0.6) is 0 Å². The Hall–Kier alpha value is -2.30. The number of imidazole rings is 1. The van der Waals surface area contributed by atoms with Crippen molar-refractivity contribution in [3.05, 3.63) is 47.7 Å². The summed E-state index contributed by atoms with van der Waals surface area (Å²) in [5.41, 5.74) is 2.98. The van der Waals surface area contributed by atoms with E-state index in [1.807, 2.05) is 29.8 Å². The number of hydrogen-bond acceptors (Lipinski definition) is 2. The van der Waals surface area contributed by atoms with Crippen molar-refractivity contribution in [2.75, 3.05) is 0 Å². The molecule has 3 rings (SSSR count). The smallest absolute Gasteiger partial charge is 0.263 e. The molecule has 1 aromatic carbocycles. The maximum Gasteiger partial charge on any atom is 0.263 e. The molecule has 3 nitrogen and oxygen atoms in total. The molecule has 0 saturated carbocycles. The van der Waals surface area contributed by atoms with Gasteiger partial charge in [0.25, 0.3) is 6.43 Å². The van der Waals surface area contributed by atoms with Crippen LogP contribution in [0.2, 0.25) is 0 Å². The predicted molar refractivity (Wildman–Crippen MR) is 73.6 cm³/mol. The van der Waals surface area contributed by atoms with E-state index in [2.05, 4.69) is 9.97 Å². The Morgan fingerprint density at radius 3 is 2.70 bits per heavy atom. The van der Waals surface area contributed by atoms with Crippen molar-refractivity contribution >= 4 is 11.2 Å². The molecule has 0 unspecified atom stereocenters. The maximum atomic E-state index is 12.9. The van der Waals surface area contributed by atoms with Crippen molar-refractivity contribution in [2.24, 2.45) is 7.05 Å². The summed E-state index contributed by atoms with van der Waals surface area (Å²) in [5.74, 6) is 0.643. The van der Waals surface area contributed by atoms with E-state index in [0.717, 1.165) is 11.1 Å². The van der Waals surface area contributed by atoms with Crippen LogP contribution in [0.4, 0.5) is 8.78 Å². The first-order valence-corrected chi connectivity index (χ1v) is 6.24. The van der Waals surface area contributed by atoms with E-state index in [1.54, 1.807) is 13.1 Å². The normalized spacial score (nSPS) is 11.4. The zero-order valence-corrected chi connectivity index (χ0v) is 11.1. The second kappa shape index (κ2) is 4.67. The van der Waals surface area contributed by atoms with Crippen molar-refractivity contribution in [1.82, 2.24) is 14.5 Å². The summed E-state index contributed by atoms with van der Waals surface area (Å²) in [6.45, 7) is 1.80. The summed E-state index contributed by atoms with van der Waals surface area (Å²) in [7, 11) is 1.86. The van der Waals surface area contributed by atoms with Gasteiger partial charge in [-0.1, -0.05) is 6.07 Å². The van der Waals surface area contributed by atoms with Gasteiger partial charge in [0.15, 0.2) is 5.65 Å². The number of aromatic nitrogens is 3. The summed E-state index contributed by atoms with van der Waals surface area (Å²) < 4.78 is 27.7. The van der Waals surface area contributed by atoms with E-state index in [-0.39, 0.29) is 5.56 Å². The van der Waals surface area contributed by atoms with Gasteiger partial charge in [-0.25, -0.2) is 18.7 Å². The maximum absolute atomic E-state index is 12.9. The van der Waals surface area contributed by atoms with Gasteiger partial charge in [0.1, 0.15) is 5.82 Å². The predicted octanol–water partition coefficient (Wildman–Crippen LogP) is 3.88. The lowest BCUT2D eigenvalue weighted by Crippen LogP contribution is -1.95. The van der Waals surface area contributed by atoms with Crippen molar-refractivity contribution in [1.29, 1.82) is 0 Å². The molecule has 0 aliphatic heterocycles. The molecule has 0 atom stereocenters. The topological polar surface area (TPSA) is 30.7 Å². The Morgan fingerprint density at radius 1 is 1.20 bits per heavy atom. The third kappa shape index (κ3) is 2.05. The molecule has 102 valence electrons. The van der Waals surface area contributed by atoms with Crippen LogP contribution in [0, 0.1) is 6.92 Å². The number of benzene rings is 1. The Labute approximate surface area is 114 Å². The molecule has 2 aromatic heterocycles. The summed E-state index contributed by atoms with van der Waals surface area (Å²) in [4.78, 5) is 8.62. The number of alkyl halides is 2. The fourth-order valence-corrected chi connectivity index (χ4v) is 2.35. The molecule has 0 spiro atoms. The van der Waals surface area contributed by atoms with Crippen LogP contribution in [0.25, 0.3) is 22.6 Å². The average Bonchev–Trinajstić information content (AvgIpc) is 2.76. The number of nitrogens with zero attached hydrogens (tertiary/aromatic N) is 3. The molecule has 0 aliphatic carbocycles. The van der Waals surface area contributed by atoms with E-state index in [1.165, 1.54) is 12.1 Å². The number of fused-ring (bicyclic) bond motifs is 1. The molecule has 0 amide bonds. The Morgan fingerprint density at radius 2 is 2.00 bits per heavy atom. The van der Waals surface area contributed by atoms with Gasteiger partial charge in [-0.15, -0.1) is 0 Å². The van der Waals surface area contributed by atoms with E-state index < -0.39 is 6.43 Å².